The van der Waals surface area contributed by atoms with Crippen LogP contribution in [0.3, 0.4) is 0 Å². The van der Waals surface area contributed by atoms with Crippen LogP contribution >= 0.6 is 11.6 Å². The summed E-state index contributed by atoms with van der Waals surface area (Å²) in [4.78, 5) is 19.2. The van der Waals surface area contributed by atoms with Crippen LogP contribution in [0.5, 0.6) is 0 Å². The monoisotopic (exact) mass is 254 g/mol. The highest BCUT2D eigenvalue weighted by Gasteiger charge is 2.22. The molecule has 6 heteroatoms. The van der Waals surface area contributed by atoms with E-state index >= 15 is 0 Å². The molecule has 0 radical (unpaired) electrons. The van der Waals surface area contributed by atoms with Gasteiger partial charge in [-0.1, -0.05) is 0 Å². The molecule has 1 fully saturated rings. The van der Waals surface area contributed by atoms with Gasteiger partial charge in [0.1, 0.15) is 5.82 Å². The van der Waals surface area contributed by atoms with Crippen LogP contribution in [0.15, 0.2) is 12.3 Å². The second-order valence-corrected chi connectivity index (χ2v) is 4.42. The van der Waals surface area contributed by atoms with Crippen LogP contribution in [0.2, 0.25) is 5.28 Å². The first-order chi connectivity index (χ1) is 8.24. The van der Waals surface area contributed by atoms with Crippen molar-refractivity contribution in [3.8, 4) is 0 Å². The lowest BCUT2D eigenvalue weighted by atomic mass is 10.3. The summed E-state index contributed by atoms with van der Waals surface area (Å²) in [6.07, 6.45) is 5.17. The number of halogens is 1. The summed E-state index contributed by atoms with van der Waals surface area (Å²) in [5.74, 6) is 0.822. The summed E-state index contributed by atoms with van der Waals surface area (Å²) in [6.45, 7) is 0.700. The number of carbonyl (C=O) groups is 1. The summed E-state index contributed by atoms with van der Waals surface area (Å²) < 4.78 is 0. The van der Waals surface area contributed by atoms with Crippen LogP contribution in [-0.2, 0) is 4.79 Å². The van der Waals surface area contributed by atoms with Gasteiger partial charge < -0.3 is 10.6 Å². The first-order valence-corrected chi connectivity index (χ1v) is 6.13. The molecule has 0 saturated heterocycles. The topological polar surface area (TPSA) is 66.9 Å². The molecule has 1 aliphatic rings. The van der Waals surface area contributed by atoms with Gasteiger partial charge in [-0.15, -0.1) is 0 Å². The van der Waals surface area contributed by atoms with Crippen molar-refractivity contribution >= 4 is 23.3 Å². The smallest absolute Gasteiger partial charge is 0.224 e. The van der Waals surface area contributed by atoms with E-state index in [0.29, 0.717) is 24.8 Å². The van der Waals surface area contributed by atoms with Gasteiger partial charge in [0.2, 0.25) is 11.2 Å². The zero-order valence-corrected chi connectivity index (χ0v) is 10.2. The Bertz CT molecular complexity index is 395. The van der Waals surface area contributed by atoms with Crippen molar-refractivity contribution in [1.82, 2.24) is 15.3 Å². The maximum atomic E-state index is 11.4. The number of hydrogen-bond donors (Lipinski definition) is 2. The van der Waals surface area contributed by atoms with Gasteiger partial charge in [0, 0.05) is 25.2 Å². The molecule has 0 atom stereocenters. The highest BCUT2D eigenvalue weighted by molar-refractivity contribution is 6.28. The lowest BCUT2D eigenvalue weighted by Gasteiger charge is -2.05. The molecule has 0 aliphatic heterocycles. The molecule has 0 spiro atoms. The summed E-state index contributed by atoms with van der Waals surface area (Å²) in [5.41, 5.74) is 0. The number of amides is 1. The van der Waals surface area contributed by atoms with Gasteiger partial charge in [-0.05, 0) is 36.9 Å². The molecular formula is C11H15ClN4O. The molecule has 1 aromatic heterocycles. The van der Waals surface area contributed by atoms with Crippen molar-refractivity contribution in [3.05, 3.63) is 17.5 Å². The number of nitrogens with zero attached hydrogens (tertiary/aromatic N) is 2. The molecule has 0 unspecified atom stereocenters. The molecular weight excluding hydrogens is 240 g/mol. The van der Waals surface area contributed by atoms with Crippen molar-refractivity contribution in [2.75, 3.05) is 11.9 Å². The Balaban J connectivity index is 1.60. The zero-order valence-electron chi connectivity index (χ0n) is 9.45. The van der Waals surface area contributed by atoms with E-state index in [9.17, 15) is 4.79 Å². The van der Waals surface area contributed by atoms with E-state index in [1.807, 2.05) is 0 Å². The third kappa shape index (κ3) is 4.56. The Morgan fingerprint density at radius 2 is 2.35 bits per heavy atom. The van der Waals surface area contributed by atoms with E-state index in [-0.39, 0.29) is 11.2 Å². The third-order valence-electron chi connectivity index (χ3n) is 2.46. The predicted molar refractivity (Wildman–Crippen MR) is 65.9 cm³/mol. The van der Waals surface area contributed by atoms with Gasteiger partial charge >= 0.3 is 0 Å². The SMILES string of the molecule is O=C(CCCNc1ccnc(Cl)n1)NC1CC1. The average molecular weight is 255 g/mol. The van der Waals surface area contributed by atoms with E-state index in [1.165, 1.54) is 0 Å². The van der Waals surface area contributed by atoms with Gasteiger partial charge in [-0.3, -0.25) is 4.79 Å². The number of carbonyl (C=O) groups excluding carboxylic acids is 1. The molecule has 17 heavy (non-hydrogen) atoms. The van der Waals surface area contributed by atoms with Crippen LogP contribution < -0.4 is 10.6 Å². The van der Waals surface area contributed by atoms with Crippen molar-refractivity contribution in [2.45, 2.75) is 31.7 Å². The summed E-state index contributed by atoms with van der Waals surface area (Å²) >= 11 is 5.65. The Morgan fingerprint density at radius 3 is 3.06 bits per heavy atom. The maximum Gasteiger partial charge on any atom is 0.224 e. The third-order valence-corrected chi connectivity index (χ3v) is 2.64. The van der Waals surface area contributed by atoms with E-state index in [1.54, 1.807) is 12.3 Å². The molecule has 1 saturated carbocycles. The fraction of sp³-hybridized carbons (Fsp3) is 0.545. The van der Waals surface area contributed by atoms with Gasteiger partial charge in [0.25, 0.3) is 0 Å². The molecule has 2 rings (SSSR count). The minimum Gasteiger partial charge on any atom is -0.370 e. The van der Waals surface area contributed by atoms with Crippen molar-refractivity contribution in [2.24, 2.45) is 0 Å². The van der Waals surface area contributed by atoms with Gasteiger partial charge in [-0.2, -0.15) is 0 Å². The molecule has 0 aromatic carbocycles. The van der Waals surface area contributed by atoms with E-state index in [0.717, 1.165) is 19.3 Å². The van der Waals surface area contributed by atoms with E-state index < -0.39 is 0 Å². The van der Waals surface area contributed by atoms with Gasteiger partial charge in [0.15, 0.2) is 0 Å². The summed E-state index contributed by atoms with van der Waals surface area (Å²) in [7, 11) is 0. The fourth-order valence-electron chi connectivity index (χ4n) is 1.43. The quantitative estimate of drug-likeness (QED) is 0.598. The predicted octanol–water partition coefficient (Wildman–Crippen LogP) is 1.60. The Kier molecular flexibility index (Phi) is 4.14. The van der Waals surface area contributed by atoms with Crippen LogP contribution in [0.25, 0.3) is 0 Å². The average Bonchev–Trinajstić information content (AvgIpc) is 3.08. The first-order valence-electron chi connectivity index (χ1n) is 5.76. The zero-order chi connectivity index (χ0) is 12.1. The lowest BCUT2D eigenvalue weighted by molar-refractivity contribution is -0.121. The van der Waals surface area contributed by atoms with Crippen molar-refractivity contribution < 1.29 is 4.79 Å². The lowest BCUT2D eigenvalue weighted by Crippen LogP contribution is -2.25. The number of rotatable bonds is 6. The van der Waals surface area contributed by atoms with E-state index in [2.05, 4.69) is 20.6 Å². The van der Waals surface area contributed by atoms with Crippen LogP contribution in [0.4, 0.5) is 5.82 Å². The second kappa shape index (κ2) is 5.82. The van der Waals surface area contributed by atoms with Gasteiger partial charge in [-0.25, -0.2) is 9.97 Å². The minimum absolute atomic E-state index is 0.134. The number of anilines is 1. The van der Waals surface area contributed by atoms with Gasteiger partial charge in [0.05, 0.1) is 0 Å². The Labute approximate surface area is 105 Å². The number of aromatic nitrogens is 2. The maximum absolute atomic E-state index is 11.4. The highest BCUT2D eigenvalue weighted by atomic mass is 35.5. The normalized spacial score (nSPS) is 14.4. The van der Waals surface area contributed by atoms with Crippen molar-refractivity contribution in [1.29, 1.82) is 0 Å². The molecule has 1 heterocycles. The molecule has 0 bridgehead atoms. The molecule has 1 aromatic rings. The minimum atomic E-state index is 0.134. The first kappa shape index (κ1) is 12.1. The largest absolute Gasteiger partial charge is 0.370 e. The summed E-state index contributed by atoms with van der Waals surface area (Å²) in [6, 6.07) is 2.19. The number of hydrogen-bond acceptors (Lipinski definition) is 4. The summed E-state index contributed by atoms with van der Waals surface area (Å²) in [5, 5.41) is 6.27. The van der Waals surface area contributed by atoms with Crippen LogP contribution in [-0.4, -0.2) is 28.5 Å². The highest BCUT2D eigenvalue weighted by Crippen LogP contribution is 2.18. The van der Waals surface area contributed by atoms with Crippen molar-refractivity contribution in [3.63, 3.8) is 0 Å². The van der Waals surface area contributed by atoms with E-state index in [4.69, 9.17) is 11.6 Å². The molecule has 1 amide bonds. The fourth-order valence-corrected chi connectivity index (χ4v) is 1.57. The van der Waals surface area contributed by atoms with Crippen LogP contribution in [0, 0.1) is 0 Å². The Hall–Kier alpha value is -1.36. The second-order valence-electron chi connectivity index (χ2n) is 4.08. The van der Waals surface area contributed by atoms with Crippen LogP contribution in [0.1, 0.15) is 25.7 Å². The molecule has 2 N–H and O–H groups in total. The molecule has 5 nitrogen and oxygen atoms in total. The molecule has 1 aliphatic carbocycles. The Morgan fingerprint density at radius 1 is 1.53 bits per heavy atom. The number of nitrogens with one attached hydrogen (secondary N) is 2. The standard InChI is InChI=1S/C11H15ClN4O/c12-11-14-7-5-9(16-11)13-6-1-2-10(17)15-8-3-4-8/h5,7-8H,1-4,6H2,(H,15,17)(H,13,14,16). The molecule has 92 valence electrons.